The van der Waals surface area contributed by atoms with Gasteiger partial charge in [-0.15, -0.1) is 0 Å². The van der Waals surface area contributed by atoms with E-state index in [1.165, 1.54) is 56.7 Å². The van der Waals surface area contributed by atoms with Crippen molar-refractivity contribution in [3.05, 3.63) is 0 Å². The normalized spacial score (nSPS) is 29.9. The minimum absolute atomic E-state index is 0.186. The van der Waals surface area contributed by atoms with Crippen molar-refractivity contribution in [2.24, 2.45) is 5.92 Å². The predicted molar refractivity (Wildman–Crippen MR) is 93.3 cm³/mol. The molecule has 1 unspecified atom stereocenters. The lowest BCUT2D eigenvalue weighted by Crippen LogP contribution is -2.59. The number of nitrogens with zero attached hydrogens (tertiary/aromatic N) is 1. The quantitative estimate of drug-likeness (QED) is 0.828. The molecule has 0 bridgehead atoms. The van der Waals surface area contributed by atoms with Crippen molar-refractivity contribution < 1.29 is 4.79 Å². The van der Waals surface area contributed by atoms with Crippen molar-refractivity contribution in [3.8, 4) is 0 Å². The van der Waals surface area contributed by atoms with Crippen LogP contribution in [0.5, 0.6) is 0 Å². The van der Waals surface area contributed by atoms with Gasteiger partial charge in [0.15, 0.2) is 0 Å². The Hall–Kier alpha value is -0.260. The maximum Gasteiger partial charge on any atom is 0.224 e. The van der Waals surface area contributed by atoms with Gasteiger partial charge in [0.1, 0.15) is 0 Å². The molecule has 1 aliphatic carbocycles. The van der Waals surface area contributed by atoms with Gasteiger partial charge >= 0.3 is 0 Å². The van der Waals surface area contributed by atoms with E-state index < -0.39 is 0 Å². The van der Waals surface area contributed by atoms with Gasteiger partial charge in [0.05, 0.1) is 5.92 Å². The van der Waals surface area contributed by atoms with E-state index in [1.54, 1.807) is 0 Å². The van der Waals surface area contributed by atoms with Crippen LogP contribution in [0.4, 0.5) is 0 Å². The minimum atomic E-state index is 0.186. The summed E-state index contributed by atoms with van der Waals surface area (Å²) < 4.78 is 0. The summed E-state index contributed by atoms with van der Waals surface area (Å²) in [6, 6.07) is 0. The Morgan fingerprint density at radius 1 is 1.18 bits per heavy atom. The van der Waals surface area contributed by atoms with E-state index in [9.17, 15) is 4.79 Å². The molecule has 0 aromatic rings. The van der Waals surface area contributed by atoms with Gasteiger partial charge in [0.2, 0.25) is 5.91 Å². The summed E-state index contributed by atoms with van der Waals surface area (Å²) in [6.45, 7) is 5.20. The highest BCUT2D eigenvalue weighted by molar-refractivity contribution is 7.99. The van der Waals surface area contributed by atoms with E-state index in [-0.39, 0.29) is 17.4 Å². The summed E-state index contributed by atoms with van der Waals surface area (Å²) in [5.41, 5.74) is 0.247. The first-order valence-corrected chi connectivity index (χ1v) is 10.3. The van der Waals surface area contributed by atoms with E-state index >= 15 is 0 Å². The van der Waals surface area contributed by atoms with Crippen molar-refractivity contribution in [2.75, 3.05) is 44.2 Å². The molecule has 22 heavy (non-hydrogen) atoms. The number of amides is 1. The van der Waals surface area contributed by atoms with Crippen LogP contribution in [-0.2, 0) is 4.79 Å². The summed E-state index contributed by atoms with van der Waals surface area (Å²) in [7, 11) is 0. The molecule has 1 atom stereocenters. The summed E-state index contributed by atoms with van der Waals surface area (Å²) in [5, 5.41) is 6.69. The lowest BCUT2D eigenvalue weighted by molar-refractivity contribution is -0.126. The molecule has 2 aliphatic heterocycles. The minimum Gasteiger partial charge on any atom is -0.354 e. The summed E-state index contributed by atoms with van der Waals surface area (Å²) in [5.74, 6) is 2.97. The monoisotopic (exact) mass is 325 g/mol. The number of nitrogens with one attached hydrogen (secondary N) is 2. The fourth-order valence-corrected chi connectivity index (χ4v) is 5.23. The predicted octanol–water partition coefficient (Wildman–Crippen LogP) is 1.85. The second-order valence-electron chi connectivity index (χ2n) is 7.15. The molecule has 2 heterocycles. The van der Waals surface area contributed by atoms with E-state index in [1.807, 2.05) is 0 Å². The van der Waals surface area contributed by atoms with Crippen molar-refractivity contribution in [3.63, 3.8) is 0 Å². The first kappa shape index (κ1) is 16.6. The van der Waals surface area contributed by atoms with E-state index in [0.717, 1.165) is 32.5 Å². The molecule has 5 heteroatoms. The van der Waals surface area contributed by atoms with Crippen LogP contribution >= 0.6 is 11.8 Å². The Balaban J connectivity index is 1.58. The van der Waals surface area contributed by atoms with Crippen LogP contribution in [-0.4, -0.2) is 60.6 Å². The van der Waals surface area contributed by atoms with Crippen LogP contribution < -0.4 is 10.6 Å². The molecule has 126 valence electrons. The highest BCUT2D eigenvalue weighted by atomic mass is 32.2. The fraction of sp³-hybridized carbons (Fsp3) is 0.941. The number of carbonyl (C=O) groups is 1. The van der Waals surface area contributed by atoms with Crippen LogP contribution in [0.25, 0.3) is 0 Å². The summed E-state index contributed by atoms with van der Waals surface area (Å²) >= 11 is 2.07. The third-order valence-electron chi connectivity index (χ3n) is 5.73. The highest BCUT2D eigenvalue weighted by Crippen LogP contribution is 2.35. The number of hydrogen-bond donors (Lipinski definition) is 2. The lowest BCUT2D eigenvalue weighted by Gasteiger charge is -2.48. The third-order valence-corrected chi connectivity index (χ3v) is 6.67. The van der Waals surface area contributed by atoms with Crippen LogP contribution in [0.15, 0.2) is 0 Å². The molecular weight excluding hydrogens is 294 g/mol. The zero-order valence-electron chi connectivity index (χ0n) is 13.7. The standard InChI is InChI=1S/C17H31N3OS/c21-16(15-5-4-8-18-13-15)19-14-17(6-2-1-3-7-17)20-9-11-22-12-10-20/h15,18H,1-14H2,(H,19,21). The number of thioether (sulfide) groups is 1. The van der Waals surface area contributed by atoms with Gasteiger partial charge in [-0.3, -0.25) is 9.69 Å². The Labute approximate surface area is 139 Å². The molecule has 3 fully saturated rings. The van der Waals surface area contributed by atoms with Crippen LogP contribution in [0.2, 0.25) is 0 Å². The van der Waals surface area contributed by atoms with Crippen molar-refractivity contribution in [2.45, 2.75) is 50.5 Å². The highest BCUT2D eigenvalue weighted by Gasteiger charge is 2.39. The average Bonchev–Trinajstić information content (AvgIpc) is 2.62. The van der Waals surface area contributed by atoms with Gasteiger partial charge in [-0.1, -0.05) is 19.3 Å². The van der Waals surface area contributed by atoms with Gasteiger partial charge in [-0.2, -0.15) is 11.8 Å². The molecule has 0 aromatic heterocycles. The maximum atomic E-state index is 12.5. The van der Waals surface area contributed by atoms with E-state index in [2.05, 4.69) is 27.3 Å². The van der Waals surface area contributed by atoms with Crippen LogP contribution in [0.3, 0.4) is 0 Å². The molecule has 0 radical (unpaired) electrons. The first-order valence-electron chi connectivity index (χ1n) is 9.11. The number of hydrogen-bond acceptors (Lipinski definition) is 4. The van der Waals surface area contributed by atoms with Gasteiger partial charge < -0.3 is 10.6 Å². The maximum absolute atomic E-state index is 12.5. The van der Waals surface area contributed by atoms with Crippen molar-refractivity contribution in [1.82, 2.24) is 15.5 Å². The largest absolute Gasteiger partial charge is 0.354 e. The zero-order valence-corrected chi connectivity index (χ0v) is 14.6. The molecule has 1 saturated carbocycles. The SMILES string of the molecule is O=C(NCC1(N2CCSCC2)CCCCC1)C1CCCNC1. The third kappa shape index (κ3) is 3.98. The molecule has 4 nitrogen and oxygen atoms in total. The van der Waals surface area contributed by atoms with E-state index in [0.29, 0.717) is 0 Å². The molecule has 1 amide bonds. The Kier molecular flexibility index (Phi) is 6.05. The van der Waals surface area contributed by atoms with Crippen molar-refractivity contribution in [1.29, 1.82) is 0 Å². The fourth-order valence-electron chi connectivity index (χ4n) is 4.32. The van der Waals surface area contributed by atoms with Gasteiger partial charge in [0, 0.05) is 43.2 Å². The lowest BCUT2D eigenvalue weighted by atomic mass is 9.79. The second-order valence-corrected chi connectivity index (χ2v) is 8.37. The van der Waals surface area contributed by atoms with Gasteiger partial charge in [0.25, 0.3) is 0 Å². The molecular formula is C17H31N3OS. The summed E-state index contributed by atoms with van der Waals surface area (Å²) in [4.78, 5) is 15.2. The topological polar surface area (TPSA) is 44.4 Å². The Morgan fingerprint density at radius 3 is 2.64 bits per heavy atom. The molecule has 0 aromatic carbocycles. The van der Waals surface area contributed by atoms with Gasteiger partial charge in [-0.05, 0) is 32.2 Å². The Bertz CT molecular complexity index is 359. The van der Waals surface area contributed by atoms with Gasteiger partial charge in [-0.25, -0.2) is 0 Å². The molecule has 3 rings (SSSR count). The van der Waals surface area contributed by atoms with Crippen LogP contribution in [0, 0.1) is 5.92 Å². The van der Waals surface area contributed by atoms with Crippen LogP contribution in [0.1, 0.15) is 44.9 Å². The molecule has 2 saturated heterocycles. The number of piperidine rings is 1. The van der Waals surface area contributed by atoms with E-state index in [4.69, 9.17) is 0 Å². The Morgan fingerprint density at radius 2 is 1.95 bits per heavy atom. The average molecular weight is 326 g/mol. The molecule has 2 N–H and O–H groups in total. The molecule has 3 aliphatic rings. The van der Waals surface area contributed by atoms with Crippen molar-refractivity contribution >= 4 is 17.7 Å². The molecule has 0 spiro atoms. The summed E-state index contributed by atoms with van der Waals surface area (Å²) in [6.07, 6.45) is 8.72. The number of carbonyl (C=O) groups excluding carboxylic acids is 1. The first-order chi connectivity index (χ1) is 10.8. The smallest absolute Gasteiger partial charge is 0.224 e. The number of rotatable bonds is 4. The zero-order chi connectivity index (χ0) is 15.3. The second kappa shape index (κ2) is 8.02.